The zero-order valence-corrected chi connectivity index (χ0v) is 43.3. The van der Waals surface area contributed by atoms with Crippen molar-refractivity contribution in [1.29, 1.82) is 0 Å². The summed E-state index contributed by atoms with van der Waals surface area (Å²) in [6, 6.07) is 13.3. The Morgan fingerprint density at radius 2 is 0.613 bits per heavy atom. The predicted molar refractivity (Wildman–Crippen MR) is 274 cm³/mol. The van der Waals surface area contributed by atoms with Gasteiger partial charge in [-0.05, 0) is 63.8 Å². The van der Waals surface area contributed by atoms with Crippen LogP contribution in [0.1, 0.15) is 228 Å². The molecule has 0 radical (unpaired) electrons. The molecule has 0 heterocycles. The molecular weight excluding hydrogens is 805 g/mol. The minimum atomic E-state index is -1.000. The predicted octanol–water partition coefficient (Wildman–Crippen LogP) is 17.0. The number of hydrogen-bond acceptors (Lipinski definition) is 4. The molecule has 0 unspecified atom stereocenters. The van der Waals surface area contributed by atoms with Gasteiger partial charge in [0.15, 0.2) is 0 Å². The summed E-state index contributed by atoms with van der Waals surface area (Å²) in [5.74, 6) is -2.00. The molecule has 0 aliphatic rings. The topological polar surface area (TPSA) is 74.6 Å². The van der Waals surface area contributed by atoms with E-state index in [-0.39, 0.29) is 11.1 Å². The number of carbonyl (C=O) groups is 2. The molecule has 0 aromatic heterocycles. The van der Waals surface area contributed by atoms with Crippen LogP contribution in [0.15, 0.2) is 58.3 Å². The van der Waals surface area contributed by atoms with Crippen LogP contribution in [-0.4, -0.2) is 85.5 Å². The maximum atomic E-state index is 11.1. The van der Waals surface area contributed by atoms with Crippen molar-refractivity contribution in [2.45, 2.75) is 217 Å². The van der Waals surface area contributed by atoms with Crippen molar-refractivity contribution in [3.63, 3.8) is 0 Å². The summed E-state index contributed by atoms with van der Waals surface area (Å²) in [6.07, 6.45) is 40.8. The molecule has 0 aliphatic carbocycles. The maximum absolute atomic E-state index is 11.1. The first-order valence-corrected chi connectivity index (χ1v) is 27.6. The molecule has 0 bridgehead atoms. The second kappa shape index (κ2) is 40.5. The standard InChI is InChI=1S/2C20H44N.C14H10O4S2/c2*1-5-7-8-9-10-11-12-13-14-15-16-17-18-19-20-21(3,4)6-2;15-13(16)9-5-1-3-7-11(9)19-20-12-8-4-2-6-10(12)14(17)18/h2*5-20H2,1-4H3;1-8H,(H,15,16)(H,17,18)/q2*+1;. The fourth-order valence-corrected chi connectivity index (χ4v) is 9.66. The van der Waals surface area contributed by atoms with Gasteiger partial charge in [-0.25, -0.2) is 9.59 Å². The minimum Gasteiger partial charge on any atom is -0.478 e. The summed E-state index contributed by atoms with van der Waals surface area (Å²) in [4.78, 5) is 23.4. The SMILES string of the molecule is CCCCCCCCCCCCCCCC[N+](C)(C)CC.CCCCCCCCCCCCCCCC[N+](C)(C)CC.O=C(O)c1ccccc1SSc1ccccc1C(=O)O. The average Bonchev–Trinajstić information content (AvgIpc) is 3.26. The summed E-state index contributed by atoms with van der Waals surface area (Å²) < 4.78 is 2.39. The number of quaternary nitrogens is 2. The van der Waals surface area contributed by atoms with Crippen LogP contribution in [-0.2, 0) is 0 Å². The zero-order valence-electron chi connectivity index (χ0n) is 41.7. The molecule has 0 aliphatic heterocycles. The molecule has 2 aromatic carbocycles. The quantitative estimate of drug-likeness (QED) is 0.0400. The summed E-state index contributed by atoms with van der Waals surface area (Å²) in [5, 5.41) is 18.2. The van der Waals surface area contributed by atoms with Crippen molar-refractivity contribution in [3.8, 4) is 0 Å². The fourth-order valence-electron chi connectivity index (χ4n) is 7.31. The van der Waals surface area contributed by atoms with Gasteiger partial charge in [-0.3, -0.25) is 0 Å². The Hall–Kier alpha value is -2.00. The van der Waals surface area contributed by atoms with Gasteiger partial charge >= 0.3 is 11.9 Å². The van der Waals surface area contributed by atoms with Gasteiger partial charge in [-0.15, -0.1) is 0 Å². The molecule has 2 N–H and O–H groups in total. The van der Waals surface area contributed by atoms with Crippen LogP contribution in [0.5, 0.6) is 0 Å². The van der Waals surface area contributed by atoms with Crippen LogP contribution in [0.2, 0.25) is 0 Å². The van der Waals surface area contributed by atoms with Crippen LogP contribution in [0.3, 0.4) is 0 Å². The molecule has 2 rings (SSSR count). The summed E-state index contributed by atoms with van der Waals surface area (Å²) in [6.45, 7) is 14.4. The highest BCUT2D eigenvalue weighted by atomic mass is 33.1. The second-order valence-corrected chi connectivity index (χ2v) is 21.1. The lowest BCUT2D eigenvalue weighted by Gasteiger charge is -2.28. The molecule has 8 heteroatoms. The number of aromatic carboxylic acids is 2. The lowest BCUT2D eigenvalue weighted by Crippen LogP contribution is -2.39. The van der Waals surface area contributed by atoms with Gasteiger partial charge < -0.3 is 19.2 Å². The monoisotopic (exact) mass is 903 g/mol. The van der Waals surface area contributed by atoms with E-state index >= 15 is 0 Å². The van der Waals surface area contributed by atoms with E-state index in [4.69, 9.17) is 10.2 Å². The largest absolute Gasteiger partial charge is 0.478 e. The van der Waals surface area contributed by atoms with Crippen molar-refractivity contribution in [2.75, 3.05) is 54.4 Å². The first-order chi connectivity index (χ1) is 29.8. The summed E-state index contributed by atoms with van der Waals surface area (Å²) in [5.41, 5.74) is 0.413. The molecule has 0 saturated carbocycles. The first kappa shape index (κ1) is 60.0. The molecule has 62 heavy (non-hydrogen) atoms. The van der Waals surface area contributed by atoms with Gasteiger partial charge in [-0.2, -0.15) is 0 Å². The molecule has 0 fully saturated rings. The maximum Gasteiger partial charge on any atom is 0.336 e. The van der Waals surface area contributed by atoms with Gasteiger partial charge in [0.05, 0.1) is 65.5 Å². The van der Waals surface area contributed by atoms with E-state index in [1.807, 2.05) is 0 Å². The zero-order chi connectivity index (χ0) is 46.2. The van der Waals surface area contributed by atoms with Gasteiger partial charge in [0.2, 0.25) is 0 Å². The highest BCUT2D eigenvalue weighted by molar-refractivity contribution is 8.76. The van der Waals surface area contributed by atoms with E-state index in [0.717, 1.165) is 0 Å². The Kier molecular flexibility index (Phi) is 39.2. The highest BCUT2D eigenvalue weighted by Gasteiger charge is 2.14. The molecule has 358 valence electrons. The van der Waals surface area contributed by atoms with Crippen LogP contribution in [0.4, 0.5) is 0 Å². The van der Waals surface area contributed by atoms with E-state index in [0.29, 0.717) is 9.79 Å². The Balaban J connectivity index is 0.000000900. The van der Waals surface area contributed by atoms with E-state index < -0.39 is 11.9 Å². The average molecular weight is 904 g/mol. The molecule has 0 amide bonds. The molecule has 2 aromatic rings. The van der Waals surface area contributed by atoms with Crippen LogP contribution in [0.25, 0.3) is 0 Å². The Labute approximate surface area is 391 Å². The van der Waals surface area contributed by atoms with Crippen molar-refractivity contribution in [1.82, 2.24) is 0 Å². The highest BCUT2D eigenvalue weighted by Crippen LogP contribution is 2.40. The number of rotatable bonds is 37. The number of nitrogens with zero attached hydrogens (tertiary/aromatic N) is 2. The lowest BCUT2D eigenvalue weighted by atomic mass is 10.0. The normalized spacial score (nSPS) is 11.4. The van der Waals surface area contributed by atoms with Gasteiger partial charge in [0.25, 0.3) is 0 Å². The van der Waals surface area contributed by atoms with Crippen molar-refractivity contribution >= 4 is 33.5 Å². The summed E-state index contributed by atoms with van der Waals surface area (Å²) >= 11 is 0. The first-order valence-electron chi connectivity index (χ1n) is 25.5. The van der Waals surface area contributed by atoms with E-state index in [2.05, 4.69) is 55.9 Å². The lowest BCUT2D eigenvalue weighted by molar-refractivity contribution is -0.888. The van der Waals surface area contributed by atoms with Crippen LogP contribution in [0, 0.1) is 0 Å². The smallest absolute Gasteiger partial charge is 0.336 e. The second-order valence-electron chi connectivity index (χ2n) is 18.9. The molecule has 0 spiro atoms. The Morgan fingerprint density at radius 1 is 0.387 bits per heavy atom. The third-order valence-electron chi connectivity index (χ3n) is 12.4. The van der Waals surface area contributed by atoms with Crippen LogP contribution >= 0.6 is 21.6 Å². The van der Waals surface area contributed by atoms with Crippen LogP contribution < -0.4 is 0 Å². The van der Waals surface area contributed by atoms with Crippen molar-refractivity contribution in [2.24, 2.45) is 0 Å². The van der Waals surface area contributed by atoms with E-state index in [9.17, 15) is 9.59 Å². The molecular formula is C54H98N2O4S2+2. The molecule has 0 saturated heterocycles. The van der Waals surface area contributed by atoms with E-state index in [1.165, 1.54) is 249 Å². The number of carboxylic acid groups (broad SMARTS) is 2. The molecule has 6 nitrogen and oxygen atoms in total. The Morgan fingerprint density at radius 3 is 0.839 bits per heavy atom. The summed E-state index contributed by atoms with van der Waals surface area (Å²) in [7, 11) is 11.9. The van der Waals surface area contributed by atoms with Crippen molar-refractivity contribution in [3.05, 3.63) is 59.7 Å². The van der Waals surface area contributed by atoms with Gasteiger partial charge in [0, 0.05) is 9.79 Å². The van der Waals surface area contributed by atoms with Gasteiger partial charge in [0.1, 0.15) is 0 Å². The molecule has 0 atom stereocenters. The third-order valence-corrected chi connectivity index (χ3v) is 14.9. The Bertz CT molecular complexity index is 1250. The minimum absolute atomic E-state index is 0.206. The number of carboxylic acids is 2. The number of benzene rings is 2. The number of hydrogen-bond donors (Lipinski definition) is 2. The van der Waals surface area contributed by atoms with Crippen molar-refractivity contribution < 1.29 is 28.8 Å². The van der Waals surface area contributed by atoms with E-state index in [1.54, 1.807) is 36.4 Å². The third kappa shape index (κ3) is 35.4. The van der Waals surface area contributed by atoms with Gasteiger partial charge in [-0.1, -0.05) is 214 Å². The number of unbranched alkanes of at least 4 members (excludes halogenated alkanes) is 26. The fraction of sp³-hybridized carbons (Fsp3) is 0.741.